The summed E-state index contributed by atoms with van der Waals surface area (Å²) in [5, 5.41) is 2.73. The topological polar surface area (TPSA) is 73.9 Å². The molecule has 6 nitrogen and oxygen atoms in total. The largest absolute Gasteiger partial charge is 0.497 e. The van der Waals surface area contributed by atoms with E-state index in [9.17, 15) is 9.59 Å². The van der Waals surface area contributed by atoms with Crippen molar-refractivity contribution < 1.29 is 23.8 Å². The average molecular weight is 357 g/mol. The number of nitrogens with one attached hydrogen (secondary N) is 1. The lowest BCUT2D eigenvalue weighted by Crippen LogP contribution is -2.36. The fraction of sp³-hybridized carbons (Fsp3) is 0.300. The number of aryl methyl sites for hydroxylation is 1. The van der Waals surface area contributed by atoms with Gasteiger partial charge in [0.15, 0.2) is 12.7 Å². The molecule has 0 saturated carbocycles. The summed E-state index contributed by atoms with van der Waals surface area (Å²) in [6.07, 6.45) is -0.902. The van der Waals surface area contributed by atoms with E-state index in [1.54, 1.807) is 13.2 Å². The Morgan fingerprint density at radius 2 is 1.77 bits per heavy atom. The Kier molecular flexibility index (Phi) is 7.02. The number of esters is 1. The standard InChI is InChI=1S/C20H23NO5/c1-14-6-4-5-7-18(14)25-13-19(22)26-15(2)20(23)21-12-16-8-10-17(24-3)11-9-16/h4-11,15H,12-13H2,1-3H3,(H,21,23)/t15-/m1/s1. The minimum atomic E-state index is -0.902. The minimum absolute atomic E-state index is 0.249. The number of ether oxygens (including phenoxy) is 3. The first kappa shape index (κ1) is 19.3. The maximum atomic E-state index is 12.0. The average Bonchev–Trinajstić information content (AvgIpc) is 2.65. The second kappa shape index (κ2) is 9.46. The number of para-hydroxylation sites is 1. The van der Waals surface area contributed by atoms with Crippen molar-refractivity contribution in [2.75, 3.05) is 13.7 Å². The van der Waals surface area contributed by atoms with E-state index < -0.39 is 12.1 Å². The third-order valence-electron chi connectivity index (χ3n) is 3.74. The molecule has 2 aromatic carbocycles. The van der Waals surface area contributed by atoms with Crippen molar-refractivity contribution in [2.24, 2.45) is 0 Å². The first-order valence-corrected chi connectivity index (χ1v) is 8.28. The number of hydrogen-bond donors (Lipinski definition) is 1. The van der Waals surface area contributed by atoms with E-state index in [-0.39, 0.29) is 12.5 Å². The minimum Gasteiger partial charge on any atom is -0.497 e. The molecular weight excluding hydrogens is 334 g/mol. The molecule has 0 aliphatic heterocycles. The second-order valence-corrected chi connectivity index (χ2v) is 5.75. The van der Waals surface area contributed by atoms with Crippen LogP contribution in [0, 0.1) is 6.92 Å². The number of methoxy groups -OCH3 is 1. The molecule has 0 aliphatic carbocycles. The summed E-state index contributed by atoms with van der Waals surface area (Å²) >= 11 is 0. The molecule has 0 fully saturated rings. The Morgan fingerprint density at radius 3 is 2.42 bits per heavy atom. The van der Waals surface area contributed by atoms with Crippen LogP contribution in [0.3, 0.4) is 0 Å². The first-order chi connectivity index (χ1) is 12.5. The van der Waals surface area contributed by atoms with Gasteiger partial charge >= 0.3 is 5.97 Å². The lowest BCUT2D eigenvalue weighted by molar-refractivity contribution is -0.156. The van der Waals surface area contributed by atoms with Crippen LogP contribution in [0.1, 0.15) is 18.1 Å². The van der Waals surface area contributed by atoms with Crippen LogP contribution in [-0.4, -0.2) is 31.7 Å². The summed E-state index contributed by atoms with van der Waals surface area (Å²) in [6.45, 7) is 3.50. The number of amides is 1. The molecule has 0 radical (unpaired) electrons. The highest BCUT2D eigenvalue weighted by Gasteiger charge is 2.18. The predicted molar refractivity (Wildman–Crippen MR) is 97.1 cm³/mol. The van der Waals surface area contributed by atoms with Crippen molar-refractivity contribution in [3.8, 4) is 11.5 Å². The van der Waals surface area contributed by atoms with Gasteiger partial charge in [-0.1, -0.05) is 30.3 Å². The molecule has 2 aromatic rings. The third kappa shape index (κ3) is 5.81. The second-order valence-electron chi connectivity index (χ2n) is 5.75. The van der Waals surface area contributed by atoms with E-state index in [2.05, 4.69) is 5.32 Å². The van der Waals surface area contributed by atoms with Crippen molar-refractivity contribution in [2.45, 2.75) is 26.5 Å². The smallest absolute Gasteiger partial charge is 0.344 e. The Bertz CT molecular complexity index is 742. The molecule has 0 aliphatic rings. The molecule has 0 unspecified atom stereocenters. The maximum absolute atomic E-state index is 12.0. The van der Waals surface area contributed by atoms with Gasteiger partial charge < -0.3 is 19.5 Å². The number of hydrogen-bond acceptors (Lipinski definition) is 5. The van der Waals surface area contributed by atoms with Crippen LogP contribution in [0.25, 0.3) is 0 Å². The lowest BCUT2D eigenvalue weighted by atomic mass is 10.2. The zero-order valence-electron chi connectivity index (χ0n) is 15.2. The van der Waals surface area contributed by atoms with E-state index in [1.807, 2.05) is 49.4 Å². The van der Waals surface area contributed by atoms with Gasteiger partial charge in [0.25, 0.3) is 5.91 Å². The van der Waals surface area contributed by atoms with E-state index in [1.165, 1.54) is 6.92 Å². The summed E-state index contributed by atoms with van der Waals surface area (Å²) in [7, 11) is 1.59. The maximum Gasteiger partial charge on any atom is 0.344 e. The molecule has 26 heavy (non-hydrogen) atoms. The number of carbonyl (C=O) groups excluding carboxylic acids is 2. The van der Waals surface area contributed by atoms with Crippen LogP contribution in [0.2, 0.25) is 0 Å². The SMILES string of the molecule is COc1ccc(CNC(=O)[C@@H](C)OC(=O)COc2ccccc2C)cc1. The zero-order valence-corrected chi connectivity index (χ0v) is 15.2. The Balaban J connectivity index is 1.75. The molecule has 1 atom stereocenters. The molecule has 0 heterocycles. The van der Waals surface area contributed by atoms with Crippen LogP contribution in [0.4, 0.5) is 0 Å². The van der Waals surface area contributed by atoms with Crippen molar-refractivity contribution in [1.29, 1.82) is 0 Å². The van der Waals surface area contributed by atoms with Gasteiger partial charge in [0.05, 0.1) is 7.11 Å². The van der Waals surface area contributed by atoms with E-state index in [0.29, 0.717) is 12.3 Å². The van der Waals surface area contributed by atoms with Gasteiger partial charge in [-0.25, -0.2) is 4.79 Å². The monoisotopic (exact) mass is 357 g/mol. The number of rotatable bonds is 8. The van der Waals surface area contributed by atoms with Crippen molar-refractivity contribution >= 4 is 11.9 Å². The molecule has 2 rings (SSSR count). The summed E-state index contributed by atoms with van der Waals surface area (Å²) in [4.78, 5) is 23.9. The molecular formula is C20H23NO5. The Labute approximate surface area is 153 Å². The predicted octanol–water partition coefficient (Wildman–Crippen LogP) is 2.63. The normalized spacial score (nSPS) is 11.3. The van der Waals surface area contributed by atoms with Crippen molar-refractivity contribution in [1.82, 2.24) is 5.32 Å². The molecule has 0 aromatic heterocycles. The summed E-state index contributed by atoms with van der Waals surface area (Å²) in [5.74, 6) is 0.391. The number of benzene rings is 2. The van der Waals surface area contributed by atoms with Gasteiger partial charge in [-0.3, -0.25) is 4.79 Å². The summed E-state index contributed by atoms with van der Waals surface area (Å²) < 4.78 is 15.6. The summed E-state index contributed by atoms with van der Waals surface area (Å²) in [5.41, 5.74) is 1.84. The number of carbonyl (C=O) groups is 2. The molecule has 0 spiro atoms. The highest BCUT2D eigenvalue weighted by Crippen LogP contribution is 2.16. The van der Waals surface area contributed by atoms with Gasteiger partial charge in [-0.15, -0.1) is 0 Å². The molecule has 138 valence electrons. The summed E-state index contributed by atoms with van der Waals surface area (Å²) in [6, 6.07) is 14.7. The van der Waals surface area contributed by atoms with Crippen LogP contribution in [0.5, 0.6) is 11.5 Å². The van der Waals surface area contributed by atoms with Gasteiger partial charge in [0.1, 0.15) is 11.5 Å². The molecule has 1 amide bonds. The van der Waals surface area contributed by atoms with E-state index in [0.717, 1.165) is 16.9 Å². The van der Waals surface area contributed by atoms with Gasteiger partial charge in [-0.2, -0.15) is 0 Å². The zero-order chi connectivity index (χ0) is 18.9. The highest BCUT2D eigenvalue weighted by molar-refractivity contribution is 5.83. The Hall–Kier alpha value is -3.02. The van der Waals surface area contributed by atoms with Gasteiger partial charge in [-0.05, 0) is 43.2 Å². The fourth-order valence-corrected chi connectivity index (χ4v) is 2.22. The third-order valence-corrected chi connectivity index (χ3v) is 3.74. The van der Waals surface area contributed by atoms with Crippen LogP contribution in [-0.2, 0) is 20.9 Å². The highest BCUT2D eigenvalue weighted by atomic mass is 16.6. The van der Waals surface area contributed by atoms with Gasteiger partial charge in [0.2, 0.25) is 0 Å². The van der Waals surface area contributed by atoms with Crippen LogP contribution in [0.15, 0.2) is 48.5 Å². The molecule has 0 saturated heterocycles. The molecule has 1 N–H and O–H groups in total. The Morgan fingerprint density at radius 1 is 1.08 bits per heavy atom. The van der Waals surface area contributed by atoms with Gasteiger partial charge in [0, 0.05) is 6.54 Å². The van der Waals surface area contributed by atoms with Crippen molar-refractivity contribution in [3.05, 3.63) is 59.7 Å². The van der Waals surface area contributed by atoms with Crippen LogP contribution < -0.4 is 14.8 Å². The van der Waals surface area contributed by atoms with Crippen molar-refractivity contribution in [3.63, 3.8) is 0 Å². The molecule has 6 heteroatoms. The lowest BCUT2D eigenvalue weighted by Gasteiger charge is -2.14. The quantitative estimate of drug-likeness (QED) is 0.735. The molecule has 0 bridgehead atoms. The first-order valence-electron chi connectivity index (χ1n) is 8.28. The van der Waals surface area contributed by atoms with Crippen LogP contribution >= 0.6 is 0 Å². The van der Waals surface area contributed by atoms with E-state index >= 15 is 0 Å². The van der Waals surface area contributed by atoms with E-state index in [4.69, 9.17) is 14.2 Å². The fourth-order valence-electron chi connectivity index (χ4n) is 2.22.